The van der Waals surface area contributed by atoms with Gasteiger partial charge in [-0.1, -0.05) is 63.5 Å². The number of aromatic amines is 1. The van der Waals surface area contributed by atoms with Crippen LogP contribution < -0.4 is 5.32 Å². The van der Waals surface area contributed by atoms with E-state index in [-0.39, 0.29) is 16.4 Å². The maximum atomic E-state index is 12.9. The molecule has 1 aromatic carbocycles. The first-order valence-corrected chi connectivity index (χ1v) is 10.3. The summed E-state index contributed by atoms with van der Waals surface area (Å²) >= 11 is 5.65. The molecule has 0 bridgehead atoms. The van der Waals surface area contributed by atoms with E-state index in [1.165, 1.54) is 44.2 Å². The highest BCUT2D eigenvalue weighted by Crippen LogP contribution is 2.36. The molecule has 1 heterocycles. The van der Waals surface area contributed by atoms with Gasteiger partial charge in [0.05, 0.1) is 11.8 Å². The molecule has 168 valence electrons. The van der Waals surface area contributed by atoms with E-state index in [1.807, 2.05) is 0 Å². The number of hydrogen-bond donors (Lipinski definition) is 3. The van der Waals surface area contributed by atoms with E-state index in [0.29, 0.717) is 6.54 Å². The van der Waals surface area contributed by atoms with Gasteiger partial charge >= 0.3 is 12.1 Å². The van der Waals surface area contributed by atoms with Gasteiger partial charge in [0.2, 0.25) is 0 Å². The van der Waals surface area contributed by atoms with Gasteiger partial charge in [-0.2, -0.15) is 23.5 Å². The Morgan fingerprint density at radius 3 is 2.27 bits per heavy atom. The Kier molecular flexibility index (Phi) is 11.9. The minimum Gasteiger partial charge on any atom is -0.476 e. The second-order valence-electron chi connectivity index (χ2n) is 6.75. The van der Waals surface area contributed by atoms with Crippen LogP contribution in [-0.2, 0) is 6.18 Å². The summed E-state index contributed by atoms with van der Waals surface area (Å²) in [4.78, 5) is 9.94. The molecule has 30 heavy (non-hydrogen) atoms. The lowest BCUT2D eigenvalue weighted by Crippen LogP contribution is -2.11. The Labute approximate surface area is 179 Å². The van der Waals surface area contributed by atoms with E-state index < -0.39 is 17.7 Å². The van der Waals surface area contributed by atoms with Crippen molar-refractivity contribution in [2.75, 3.05) is 11.9 Å². The molecular weight excluding hydrogens is 421 g/mol. The molecule has 2 aromatic rings. The molecule has 0 amide bonds. The van der Waals surface area contributed by atoms with Gasteiger partial charge < -0.3 is 10.4 Å². The summed E-state index contributed by atoms with van der Waals surface area (Å²) in [6.07, 6.45) is 6.14. The number of nitrogens with zero attached hydrogens (tertiary/aromatic N) is 2. The smallest absolute Gasteiger partial charge is 0.418 e. The van der Waals surface area contributed by atoms with Crippen LogP contribution in [0.5, 0.6) is 0 Å². The van der Waals surface area contributed by atoms with Crippen LogP contribution >= 0.6 is 11.6 Å². The molecule has 0 atom stereocenters. The molecule has 0 radical (unpaired) electrons. The molecule has 3 N–H and O–H groups in total. The number of H-pyrrole nitrogens is 1. The maximum absolute atomic E-state index is 12.9. The maximum Gasteiger partial charge on any atom is 0.418 e. The highest BCUT2D eigenvalue weighted by molar-refractivity contribution is 6.30. The quantitative estimate of drug-likeness (QED) is 0.345. The van der Waals surface area contributed by atoms with Crippen LogP contribution in [0.3, 0.4) is 0 Å². The van der Waals surface area contributed by atoms with Gasteiger partial charge in [-0.05, 0) is 24.6 Å². The fourth-order valence-electron chi connectivity index (χ4n) is 2.69. The number of hydrogen-bond acceptors (Lipinski definition) is 4. The number of aromatic carboxylic acids is 1. The number of alkyl halides is 3. The second-order valence-corrected chi connectivity index (χ2v) is 7.19. The van der Waals surface area contributed by atoms with E-state index in [2.05, 4.69) is 27.7 Å². The molecule has 0 aliphatic heterocycles. The Morgan fingerprint density at radius 2 is 1.77 bits per heavy atom. The predicted octanol–water partition coefficient (Wildman–Crippen LogP) is 6.41. The van der Waals surface area contributed by atoms with E-state index in [1.54, 1.807) is 0 Å². The first-order chi connectivity index (χ1) is 14.3. The molecule has 6 nitrogen and oxygen atoms in total. The largest absolute Gasteiger partial charge is 0.476 e. The number of aromatic nitrogens is 3. The number of carboxylic acid groups (broad SMARTS) is 1. The van der Waals surface area contributed by atoms with Crippen molar-refractivity contribution in [3.05, 3.63) is 40.7 Å². The Bertz CT molecular complexity index is 740. The fraction of sp³-hybridized carbons (Fsp3) is 0.550. The topological polar surface area (TPSA) is 90.9 Å². The third-order valence-electron chi connectivity index (χ3n) is 4.27. The molecule has 0 aliphatic carbocycles. The lowest BCUT2D eigenvalue weighted by molar-refractivity contribution is -0.136. The van der Waals surface area contributed by atoms with Crippen molar-refractivity contribution >= 4 is 23.3 Å². The number of halogens is 4. The molecule has 0 aliphatic rings. The molecular formula is C20H28ClF3N4O2. The van der Waals surface area contributed by atoms with E-state index in [4.69, 9.17) is 16.7 Å². The summed E-state index contributed by atoms with van der Waals surface area (Å²) in [7, 11) is 0. The number of anilines is 1. The SMILES string of the molecule is CCCCCCCCCCNc1ccc(Cl)cc1C(F)(F)F.O=C(O)c1cn[nH]n1. The minimum atomic E-state index is -4.38. The Morgan fingerprint density at radius 1 is 1.13 bits per heavy atom. The summed E-state index contributed by atoms with van der Waals surface area (Å²) in [6.45, 7) is 2.75. The third kappa shape index (κ3) is 10.5. The van der Waals surface area contributed by atoms with Crippen LogP contribution in [0.15, 0.2) is 24.4 Å². The molecule has 2 rings (SSSR count). The van der Waals surface area contributed by atoms with Crippen molar-refractivity contribution in [1.29, 1.82) is 0 Å². The van der Waals surface area contributed by atoms with Crippen molar-refractivity contribution in [1.82, 2.24) is 15.4 Å². The van der Waals surface area contributed by atoms with Crippen LogP contribution in [0.2, 0.25) is 5.02 Å². The van der Waals surface area contributed by atoms with Crippen LogP contribution in [0.1, 0.15) is 74.3 Å². The monoisotopic (exact) mass is 448 g/mol. The number of rotatable bonds is 11. The minimum absolute atomic E-state index is 0.0648. The Hall–Kier alpha value is -2.29. The lowest BCUT2D eigenvalue weighted by atomic mass is 10.1. The van der Waals surface area contributed by atoms with E-state index in [9.17, 15) is 18.0 Å². The van der Waals surface area contributed by atoms with Crippen LogP contribution in [0.25, 0.3) is 0 Å². The highest BCUT2D eigenvalue weighted by atomic mass is 35.5. The van der Waals surface area contributed by atoms with Crippen LogP contribution in [-0.4, -0.2) is 33.0 Å². The zero-order valence-electron chi connectivity index (χ0n) is 16.9. The standard InChI is InChI=1S/C17H25ClF3N.C3H3N3O2/c1-2-3-4-5-6-7-8-9-12-22-16-11-10-14(18)13-15(16)17(19,20)21;7-3(8)2-1-4-6-5-2/h10-11,13,22H,2-9,12H2,1H3;1H,(H,7,8)(H,4,5,6). The molecule has 0 saturated carbocycles. The van der Waals surface area contributed by atoms with Crippen molar-refractivity contribution in [2.45, 2.75) is 64.5 Å². The summed E-state index contributed by atoms with van der Waals surface area (Å²) in [5.41, 5.74) is -0.649. The van der Waals surface area contributed by atoms with Crippen LogP contribution in [0.4, 0.5) is 18.9 Å². The number of unbranched alkanes of at least 4 members (excludes halogenated alkanes) is 7. The predicted molar refractivity (Wildman–Crippen MR) is 111 cm³/mol. The molecule has 0 spiro atoms. The lowest BCUT2D eigenvalue weighted by Gasteiger charge is -2.14. The average Bonchev–Trinajstić information content (AvgIpc) is 3.23. The van der Waals surface area contributed by atoms with Crippen molar-refractivity contribution < 1.29 is 23.1 Å². The Balaban J connectivity index is 0.000000467. The molecule has 0 unspecified atom stereocenters. The van der Waals surface area contributed by atoms with Gasteiger partial charge in [-0.3, -0.25) is 0 Å². The second kappa shape index (κ2) is 13.8. The zero-order chi connectivity index (χ0) is 22.4. The summed E-state index contributed by atoms with van der Waals surface area (Å²) in [5, 5.41) is 19.9. The summed E-state index contributed by atoms with van der Waals surface area (Å²) < 4.78 is 38.7. The third-order valence-corrected chi connectivity index (χ3v) is 4.50. The highest BCUT2D eigenvalue weighted by Gasteiger charge is 2.33. The first-order valence-electron chi connectivity index (χ1n) is 9.95. The molecule has 0 saturated heterocycles. The van der Waals surface area contributed by atoms with Gasteiger partial charge in [0, 0.05) is 17.3 Å². The van der Waals surface area contributed by atoms with Crippen molar-refractivity contribution in [2.24, 2.45) is 0 Å². The van der Waals surface area contributed by atoms with E-state index in [0.717, 1.165) is 31.5 Å². The normalized spacial score (nSPS) is 11.0. The van der Waals surface area contributed by atoms with Gasteiger partial charge in [-0.15, -0.1) is 5.10 Å². The number of nitrogens with one attached hydrogen (secondary N) is 2. The fourth-order valence-corrected chi connectivity index (χ4v) is 2.86. The summed E-state index contributed by atoms with van der Waals surface area (Å²) in [6, 6.07) is 3.85. The van der Waals surface area contributed by atoms with Gasteiger partial charge in [0.15, 0.2) is 5.69 Å². The number of benzene rings is 1. The zero-order valence-corrected chi connectivity index (χ0v) is 17.7. The van der Waals surface area contributed by atoms with Gasteiger partial charge in [0.25, 0.3) is 0 Å². The van der Waals surface area contributed by atoms with Gasteiger partial charge in [0.1, 0.15) is 0 Å². The van der Waals surface area contributed by atoms with Gasteiger partial charge in [-0.25, -0.2) is 4.79 Å². The van der Waals surface area contributed by atoms with Crippen molar-refractivity contribution in [3.63, 3.8) is 0 Å². The molecule has 1 aromatic heterocycles. The molecule has 0 fully saturated rings. The number of carboxylic acids is 1. The molecule has 10 heteroatoms. The van der Waals surface area contributed by atoms with Crippen LogP contribution in [0, 0.1) is 0 Å². The number of carbonyl (C=O) groups is 1. The van der Waals surface area contributed by atoms with E-state index >= 15 is 0 Å². The average molecular weight is 449 g/mol. The first kappa shape index (κ1) is 25.7. The summed E-state index contributed by atoms with van der Waals surface area (Å²) in [5.74, 6) is -1.07. The van der Waals surface area contributed by atoms with Crippen molar-refractivity contribution in [3.8, 4) is 0 Å².